The number of nitrogens with zero attached hydrogens (tertiary/aromatic N) is 1. The largest absolute Gasteiger partial charge is 0.507 e. The lowest BCUT2D eigenvalue weighted by molar-refractivity contribution is 0.112. The molecule has 0 fully saturated rings. The lowest BCUT2D eigenvalue weighted by Crippen LogP contribution is -2.23. The van der Waals surface area contributed by atoms with Crippen molar-refractivity contribution in [3.63, 3.8) is 0 Å². The molecule has 0 unspecified atom stereocenters. The van der Waals surface area contributed by atoms with Crippen LogP contribution in [0.5, 0.6) is 5.75 Å². The van der Waals surface area contributed by atoms with Crippen molar-refractivity contribution >= 4 is 12.0 Å². The molecule has 0 aliphatic rings. The van der Waals surface area contributed by atoms with Gasteiger partial charge in [0.25, 0.3) is 0 Å². The van der Waals surface area contributed by atoms with E-state index in [0.29, 0.717) is 11.8 Å². The fourth-order valence-corrected chi connectivity index (χ4v) is 1.57. The van der Waals surface area contributed by atoms with Crippen LogP contribution in [0.4, 0.5) is 5.69 Å². The van der Waals surface area contributed by atoms with E-state index in [1.807, 2.05) is 6.07 Å². The van der Waals surface area contributed by atoms with Crippen LogP contribution >= 0.6 is 0 Å². The Morgan fingerprint density at radius 2 is 2.13 bits per heavy atom. The first-order chi connectivity index (χ1) is 7.22. The van der Waals surface area contributed by atoms with Gasteiger partial charge in [0.1, 0.15) is 5.75 Å². The van der Waals surface area contributed by atoms with Crippen LogP contribution in [0.2, 0.25) is 0 Å². The molecule has 0 atom stereocenters. The van der Waals surface area contributed by atoms with Crippen LogP contribution in [0.3, 0.4) is 0 Å². The third-order valence-electron chi connectivity index (χ3n) is 2.38. The minimum atomic E-state index is 0.0528. The fraction of sp³-hybridized carbons (Fsp3) is 0.417. The van der Waals surface area contributed by atoms with Crippen LogP contribution < -0.4 is 4.90 Å². The number of aldehydes is 1. The van der Waals surface area contributed by atoms with Crippen molar-refractivity contribution in [3.8, 4) is 5.75 Å². The highest BCUT2D eigenvalue weighted by Crippen LogP contribution is 2.23. The summed E-state index contributed by atoms with van der Waals surface area (Å²) in [6, 6.07) is 5.15. The van der Waals surface area contributed by atoms with E-state index in [0.717, 1.165) is 25.2 Å². The van der Waals surface area contributed by atoms with E-state index >= 15 is 0 Å². The molecule has 15 heavy (non-hydrogen) atoms. The Morgan fingerprint density at radius 1 is 1.40 bits per heavy atom. The Hall–Kier alpha value is -1.51. The van der Waals surface area contributed by atoms with Crippen LogP contribution in [0, 0.1) is 0 Å². The predicted octanol–water partition coefficient (Wildman–Crippen LogP) is 2.44. The number of carbonyl (C=O) groups is 1. The first-order valence-corrected chi connectivity index (χ1v) is 5.26. The van der Waals surface area contributed by atoms with Crippen LogP contribution in [0.15, 0.2) is 18.2 Å². The van der Waals surface area contributed by atoms with Crippen LogP contribution in [0.25, 0.3) is 0 Å². The number of anilines is 1. The Labute approximate surface area is 90.3 Å². The smallest absolute Gasteiger partial charge is 0.153 e. The molecule has 0 aliphatic carbocycles. The molecule has 1 aromatic carbocycles. The summed E-state index contributed by atoms with van der Waals surface area (Å²) < 4.78 is 0. The van der Waals surface area contributed by atoms with Crippen molar-refractivity contribution in [2.75, 3.05) is 18.0 Å². The quantitative estimate of drug-likeness (QED) is 0.754. The molecule has 0 aliphatic heterocycles. The zero-order valence-electron chi connectivity index (χ0n) is 9.23. The maximum absolute atomic E-state index is 10.5. The number of hydrogen-bond donors (Lipinski definition) is 1. The average Bonchev–Trinajstić information content (AvgIpc) is 2.25. The van der Waals surface area contributed by atoms with E-state index in [2.05, 4.69) is 18.7 Å². The lowest BCUT2D eigenvalue weighted by atomic mass is 10.2. The number of phenols is 1. The van der Waals surface area contributed by atoms with Gasteiger partial charge < -0.3 is 10.0 Å². The van der Waals surface area contributed by atoms with Gasteiger partial charge in [-0.3, -0.25) is 4.79 Å². The minimum absolute atomic E-state index is 0.0528. The summed E-state index contributed by atoms with van der Waals surface area (Å²) in [5, 5.41) is 9.55. The molecule has 82 valence electrons. The summed E-state index contributed by atoms with van der Waals surface area (Å²) >= 11 is 0. The van der Waals surface area contributed by atoms with Crippen molar-refractivity contribution in [1.29, 1.82) is 0 Å². The molecule has 0 amide bonds. The Bertz CT molecular complexity index is 336. The summed E-state index contributed by atoms with van der Waals surface area (Å²) in [5.41, 5.74) is 1.30. The molecule has 0 radical (unpaired) electrons. The molecule has 3 nitrogen and oxygen atoms in total. The summed E-state index contributed by atoms with van der Waals surface area (Å²) in [7, 11) is 0. The molecule has 0 bridgehead atoms. The van der Waals surface area contributed by atoms with Crippen molar-refractivity contribution in [2.45, 2.75) is 20.3 Å². The Balaban J connectivity index is 2.94. The van der Waals surface area contributed by atoms with Crippen molar-refractivity contribution in [3.05, 3.63) is 23.8 Å². The van der Waals surface area contributed by atoms with Gasteiger partial charge in [-0.05, 0) is 25.5 Å². The number of benzene rings is 1. The van der Waals surface area contributed by atoms with Crippen LogP contribution in [-0.4, -0.2) is 24.5 Å². The first kappa shape index (κ1) is 11.6. The van der Waals surface area contributed by atoms with E-state index in [1.165, 1.54) is 0 Å². The van der Waals surface area contributed by atoms with Gasteiger partial charge >= 0.3 is 0 Å². The number of carbonyl (C=O) groups excluding carboxylic acids is 1. The summed E-state index contributed by atoms with van der Waals surface area (Å²) in [4.78, 5) is 12.7. The molecule has 0 saturated heterocycles. The molecule has 0 spiro atoms. The average molecular weight is 207 g/mol. The molecule has 0 heterocycles. The van der Waals surface area contributed by atoms with E-state index in [-0.39, 0.29) is 5.75 Å². The van der Waals surface area contributed by atoms with Crippen molar-refractivity contribution < 1.29 is 9.90 Å². The molecule has 1 N–H and O–H groups in total. The maximum atomic E-state index is 10.5. The number of rotatable bonds is 5. The monoisotopic (exact) mass is 207 g/mol. The van der Waals surface area contributed by atoms with Gasteiger partial charge in [-0.25, -0.2) is 0 Å². The predicted molar refractivity (Wildman–Crippen MR) is 61.7 cm³/mol. The number of hydrogen-bond acceptors (Lipinski definition) is 3. The highest BCUT2D eigenvalue weighted by atomic mass is 16.3. The van der Waals surface area contributed by atoms with E-state index in [4.69, 9.17) is 0 Å². The minimum Gasteiger partial charge on any atom is -0.507 e. The molecule has 1 aromatic rings. The van der Waals surface area contributed by atoms with Gasteiger partial charge in [0, 0.05) is 24.8 Å². The second-order valence-electron chi connectivity index (χ2n) is 3.44. The second-order valence-corrected chi connectivity index (χ2v) is 3.44. The lowest BCUT2D eigenvalue weighted by Gasteiger charge is -2.22. The fourth-order valence-electron chi connectivity index (χ4n) is 1.57. The Morgan fingerprint density at radius 3 is 2.60 bits per heavy atom. The Kier molecular flexibility index (Phi) is 4.16. The zero-order chi connectivity index (χ0) is 11.3. The highest BCUT2D eigenvalue weighted by molar-refractivity contribution is 5.80. The van der Waals surface area contributed by atoms with Crippen molar-refractivity contribution in [2.24, 2.45) is 0 Å². The van der Waals surface area contributed by atoms with Gasteiger partial charge in [-0.2, -0.15) is 0 Å². The van der Waals surface area contributed by atoms with E-state index in [1.54, 1.807) is 12.1 Å². The van der Waals surface area contributed by atoms with Gasteiger partial charge in [0.15, 0.2) is 6.29 Å². The molecule has 0 aromatic heterocycles. The third-order valence-corrected chi connectivity index (χ3v) is 2.38. The number of aromatic hydroxyl groups is 1. The maximum Gasteiger partial charge on any atom is 0.153 e. The molecule has 1 rings (SSSR count). The second kappa shape index (κ2) is 5.39. The molecule has 3 heteroatoms. The van der Waals surface area contributed by atoms with Gasteiger partial charge in [-0.1, -0.05) is 6.92 Å². The SMILES string of the molecule is CCCN(CC)c1ccc(C=O)c(O)c1. The molecule has 0 saturated carbocycles. The van der Waals surface area contributed by atoms with Gasteiger partial charge in [0.2, 0.25) is 0 Å². The summed E-state index contributed by atoms with van der Waals surface area (Å²) in [5.74, 6) is 0.0528. The molecular weight excluding hydrogens is 190 g/mol. The molecular formula is C12H17NO2. The first-order valence-electron chi connectivity index (χ1n) is 5.26. The zero-order valence-corrected chi connectivity index (χ0v) is 9.23. The van der Waals surface area contributed by atoms with Gasteiger partial charge in [0.05, 0.1) is 5.56 Å². The summed E-state index contributed by atoms with van der Waals surface area (Å²) in [6.07, 6.45) is 1.72. The number of phenolic OH excluding ortho intramolecular Hbond substituents is 1. The van der Waals surface area contributed by atoms with Crippen molar-refractivity contribution in [1.82, 2.24) is 0 Å². The van der Waals surface area contributed by atoms with Gasteiger partial charge in [-0.15, -0.1) is 0 Å². The van der Waals surface area contributed by atoms with Crippen LogP contribution in [0.1, 0.15) is 30.6 Å². The summed E-state index contributed by atoms with van der Waals surface area (Å²) in [6.45, 7) is 6.03. The normalized spacial score (nSPS) is 10.0. The third kappa shape index (κ3) is 2.72. The van der Waals surface area contributed by atoms with Crippen LogP contribution in [-0.2, 0) is 0 Å². The highest BCUT2D eigenvalue weighted by Gasteiger charge is 2.06. The standard InChI is InChI=1S/C12H17NO2/c1-3-7-13(4-2)11-6-5-10(9-14)12(15)8-11/h5-6,8-9,15H,3-4,7H2,1-2H3. The van der Waals surface area contributed by atoms with E-state index in [9.17, 15) is 9.90 Å². The van der Waals surface area contributed by atoms with E-state index < -0.39 is 0 Å². The topological polar surface area (TPSA) is 40.5 Å².